The highest BCUT2D eigenvalue weighted by Crippen LogP contribution is 2.36. The summed E-state index contributed by atoms with van der Waals surface area (Å²) in [5, 5.41) is 11.5. The van der Waals surface area contributed by atoms with Crippen molar-refractivity contribution < 1.29 is 18.0 Å². The van der Waals surface area contributed by atoms with Crippen molar-refractivity contribution >= 4 is 23.3 Å². The van der Waals surface area contributed by atoms with E-state index in [0.29, 0.717) is 42.6 Å². The molecule has 1 aromatic heterocycles. The van der Waals surface area contributed by atoms with E-state index in [9.17, 15) is 18.0 Å². The van der Waals surface area contributed by atoms with E-state index in [-0.39, 0.29) is 11.7 Å². The number of amides is 2. The Labute approximate surface area is 188 Å². The molecule has 2 amide bonds. The normalized spacial score (nSPS) is 16.4. The molecule has 6 nitrogen and oxygen atoms in total. The summed E-state index contributed by atoms with van der Waals surface area (Å²) in [6.07, 6.45) is -3.21. The average molecular weight is 464 g/mol. The number of likely N-dealkylation sites (tertiary alicyclic amines) is 1. The van der Waals surface area contributed by atoms with E-state index in [4.69, 9.17) is 11.6 Å². The van der Waals surface area contributed by atoms with Gasteiger partial charge in [0.1, 0.15) is 5.82 Å². The number of nitrogens with one attached hydrogen (secondary N) is 1. The van der Waals surface area contributed by atoms with Crippen molar-refractivity contribution in [3.8, 4) is 0 Å². The zero-order valence-corrected chi connectivity index (χ0v) is 18.0. The summed E-state index contributed by atoms with van der Waals surface area (Å²) < 4.78 is 41.9. The van der Waals surface area contributed by atoms with E-state index in [0.717, 1.165) is 11.6 Å². The second-order valence-corrected chi connectivity index (χ2v) is 8.08. The largest absolute Gasteiger partial charge is 0.418 e. The van der Waals surface area contributed by atoms with Gasteiger partial charge in [0.25, 0.3) is 0 Å². The summed E-state index contributed by atoms with van der Waals surface area (Å²) in [5.41, 5.74) is -0.160. The molecule has 1 aliphatic heterocycles. The molecule has 0 saturated carbocycles. The van der Waals surface area contributed by atoms with Gasteiger partial charge in [-0.1, -0.05) is 35.9 Å². The second kappa shape index (κ2) is 8.82. The highest BCUT2D eigenvalue weighted by Gasteiger charge is 2.37. The SMILES string of the molecule is Cc1nnc([C@H]2CCCN2C(=O)Nc2ccccc2C(F)(F)F)n1Cc1ccc(Cl)cc1. The van der Waals surface area contributed by atoms with Crippen LogP contribution in [0, 0.1) is 6.92 Å². The van der Waals surface area contributed by atoms with Crippen LogP contribution in [0.3, 0.4) is 0 Å². The number of rotatable bonds is 4. The van der Waals surface area contributed by atoms with Gasteiger partial charge >= 0.3 is 12.2 Å². The minimum atomic E-state index is -4.57. The molecule has 0 radical (unpaired) electrons. The molecule has 0 bridgehead atoms. The van der Waals surface area contributed by atoms with Gasteiger partial charge < -0.3 is 14.8 Å². The van der Waals surface area contributed by atoms with E-state index in [2.05, 4.69) is 15.5 Å². The number of aryl methyl sites for hydroxylation is 1. The standard InChI is InChI=1S/C22H21ClF3N5O/c1-14-28-29-20(31(14)13-15-8-10-16(23)11-9-15)19-7-4-12-30(19)21(32)27-18-6-3-2-5-17(18)22(24,25)26/h2-3,5-6,8-11,19H,4,7,12-13H2,1H3,(H,27,32)/t19-/m1/s1. The number of anilines is 1. The molecule has 1 atom stereocenters. The lowest BCUT2D eigenvalue weighted by Crippen LogP contribution is -2.36. The minimum Gasteiger partial charge on any atom is -0.314 e. The monoisotopic (exact) mass is 463 g/mol. The number of alkyl halides is 3. The zero-order valence-electron chi connectivity index (χ0n) is 17.2. The minimum absolute atomic E-state index is 0.269. The third kappa shape index (κ3) is 4.57. The molecular formula is C22H21ClF3N5O. The van der Waals surface area contributed by atoms with E-state index in [1.807, 2.05) is 23.6 Å². The Morgan fingerprint density at radius 3 is 2.59 bits per heavy atom. The Kier molecular flexibility index (Phi) is 6.10. The molecule has 3 aromatic rings. The van der Waals surface area contributed by atoms with Crippen LogP contribution < -0.4 is 5.32 Å². The third-order valence-corrected chi connectivity index (χ3v) is 5.76. The lowest BCUT2D eigenvalue weighted by molar-refractivity contribution is -0.136. The summed E-state index contributed by atoms with van der Waals surface area (Å²) in [6.45, 7) is 2.73. The topological polar surface area (TPSA) is 63.1 Å². The number of carbonyl (C=O) groups is 1. The summed E-state index contributed by atoms with van der Waals surface area (Å²) in [5.74, 6) is 1.29. The van der Waals surface area contributed by atoms with Gasteiger partial charge in [0, 0.05) is 11.6 Å². The van der Waals surface area contributed by atoms with Crippen LogP contribution in [0.1, 0.15) is 41.7 Å². The predicted molar refractivity (Wildman–Crippen MR) is 114 cm³/mol. The van der Waals surface area contributed by atoms with Crippen LogP contribution >= 0.6 is 11.6 Å². The lowest BCUT2D eigenvalue weighted by atomic mass is 10.1. The fraction of sp³-hybridized carbons (Fsp3) is 0.318. The van der Waals surface area contributed by atoms with Crippen LogP contribution in [-0.2, 0) is 12.7 Å². The van der Waals surface area contributed by atoms with E-state index in [1.54, 1.807) is 12.1 Å². The fourth-order valence-electron chi connectivity index (χ4n) is 3.92. The Balaban J connectivity index is 1.57. The smallest absolute Gasteiger partial charge is 0.314 e. The van der Waals surface area contributed by atoms with Crippen molar-refractivity contribution in [2.45, 2.75) is 38.5 Å². The quantitative estimate of drug-likeness (QED) is 0.541. The molecule has 2 aromatic carbocycles. The van der Waals surface area contributed by atoms with E-state index in [1.165, 1.54) is 23.1 Å². The van der Waals surface area contributed by atoms with Crippen molar-refractivity contribution in [2.75, 3.05) is 11.9 Å². The Hall–Kier alpha value is -3.07. The van der Waals surface area contributed by atoms with Crippen molar-refractivity contribution in [3.63, 3.8) is 0 Å². The van der Waals surface area contributed by atoms with Crippen LogP contribution in [0.2, 0.25) is 5.02 Å². The van der Waals surface area contributed by atoms with E-state index < -0.39 is 17.8 Å². The van der Waals surface area contributed by atoms with Crippen molar-refractivity contribution in [3.05, 3.63) is 76.3 Å². The number of hydrogen-bond acceptors (Lipinski definition) is 3. The third-order valence-electron chi connectivity index (χ3n) is 5.50. The van der Waals surface area contributed by atoms with Crippen LogP contribution in [0.4, 0.5) is 23.7 Å². The van der Waals surface area contributed by atoms with Crippen molar-refractivity contribution in [2.24, 2.45) is 0 Å². The van der Waals surface area contributed by atoms with Gasteiger partial charge in [-0.3, -0.25) is 0 Å². The first kappa shape index (κ1) is 22.1. The Morgan fingerprint density at radius 2 is 1.88 bits per heavy atom. The number of hydrogen-bond donors (Lipinski definition) is 1. The number of aromatic nitrogens is 3. The summed E-state index contributed by atoms with van der Waals surface area (Å²) in [4.78, 5) is 14.5. The summed E-state index contributed by atoms with van der Waals surface area (Å²) >= 11 is 5.97. The lowest BCUT2D eigenvalue weighted by Gasteiger charge is -2.26. The van der Waals surface area contributed by atoms with Crippen LogP contribution in [-0.4, -0.2) is 32.2 Å². The van der Waals surface area contributed by atoms with Gasteiger partial charge in [0.2, 0.25) is 0 Å². The van der Waals surface area contributed by atoms with Gasteiger partial charge in [-0.25, -0.2) is 4.79 Å². The first-order valence-corrected chi connectivity index (χ1v) is 10.5. The van der Waals surface area contributed by atoms with Crippen molar-refractivity contribution in [1.82, 2.24) is 19.7 Å². The van der Waals surface area contributed by atoms with Gasteiger partial charge in [-0.05, 0) is 49.6 Å². The molecule has 1 fully saturated rings. The second-order valence-electron chi connectivity index (χ2n) is 7.64. The maximum absolute atomic E-state index is 13.3. The van der Waals surface area contributed by atoms with Crippen molar-refractivity contribution in [1.29, 1.82) is 0 Å². The molecule has 32 heavy (non-hydrogen) atoms. The van der Waals surface area contributed by atoms with E-state index >= 15 is 0 Å². The van der Waals surface area contributed by atoms with Crippen LogP contribution in [0.5, 0.6) is 0 Å². The summed E-state index contributed by atoms with van der Waals surface area (Å²) in [7, 11) is 0. The molecule has 168 valence electrons. The zero-order chi connectivity index (χ0) is 22.9. The molecule has 0 aliphatic carbocycles. The van der Waals surface area contributed by atoms with Gasteiger partial charge in [0.15, 0.2) is 5.82 Å². The first-order valence-electron chi connectivity index (χ1n) is 10.1. The predicted octanol–water partition coefficient (Wildman–Crippen LogP) is 5.68. The molecule has 1 aliphatic rings. The molecule has 1 saturated heterocycles. The molecule has 2 heterocycles. The molecule has 0 spiro atoms. The van der Waals surface area contributed by atoms with Gasteiger partial charge in [0.05, 0.1) is 23.8 Å². The Bertz CT molecular complexity index is 1110. The fourth-order valence-corrected chi connectivity index (χ4v) is 4.04. The van der Waals surface area contributed by atoms with Gasteiger partial charge in [-0.15, -0.1) is 10.2 Å². The molecular weight excluding hydrogens is 443 g/mol. The molecule has 4 rings (SSSR count). The number of carbonyl (C=O) groups excluding carboxylic acids is 1. The molecule has 1 N–H and O–H groups in total. The number of urea groups is 1. The number of benzene rings is 2. The van der Waals surface area contributed by atoms with Crippen LogP contribution in [0.25, 0.3) is 0 Å². The van der Waals surface area contributed by atoms with Crippen LogP contribution in [0.15, 0.2) is 48.5 Å². The number of para-hydroxylation sites is 1. The summed E-state index contributed by atoms with van der Waals surface area (Å²) in [6, 6.07) is 11.4. The average Bonchev–Trinajstić information content (AvgIpc) is 3.36. The van der Waals surface area contributed by atoms with Gasteiger partial charge in [-0.2, -0.15) is 13.2 Å². The highest BCUT2D eigenvalue weighted by molar-refractivity contribution is 6.30. The number of nitrogens with zero attached hydrogens (tertiary/aromatic N) is 4. The first-order chi connectivity index (χ1) is 15.2. The number of halogens is 4. The highest BCUT2D eigenvalue weighted by atomic mass is 35.5. The maximum atomic E-state index is 13.3. The Morgan fingerprint density at radius 1 is 1.16 bits per heavy atom. The maximum Gasteiger partial charge on any atom is 0.418 e. The molecule has 0 unspecified atom stereocenters. The molecule has 10 heteroatoms.